The number of carbonyl (C=O) groups is 1. The van der Waals surface area contributed by atoms with Crippen LogP contribution in [-0.2, 0) is 10.8 Å². The average molecular weight is 545 g/mol. The van der Waals surface area contributed by atoms with Crippen LogP contribution in [-0.4, -0.2) is 36.3 Å². The van der Waals surface area contributed by atoms with Crippen LogP contribution >= 0.6 is 11.3 Å². The summed E-state index contributed by atoms with van der Waals surface area (Å²) in [4.78, 5) is 31.1. The Balaban J connectivity index is 1.40. The molecular formula is C27H21FN6O2S2. The zero-order chi connectivity index (χ0) is 26.6. The molecule has 0 radical (unpaired) electrons. The van der Waals surface area contributed by atoms with Crippen molar-refractivity contribution in [3.63, 3.8) is 0 Å². The summed E-state index contributed by atoms with van der Waals surface area (Å²) >= 11 is 1.14. The number of nitrogens with zero attached hydrogens (tertiary/aromatic N) is 4. The molecule has 5 rings (SSSR count). The fourth-order valence-electron chi connectivity index (χ4n) is 3.61. The highest BCUT2D eigenvalue weighted by atomic mass is 32.2. The number of amides is 1. The quantitative estimate of drug-likeness (QED) is 0.265. The minimum atomic E-state index is -1.38. The van der Waals surface area contributed by atoms with Gasteiger partial charge >= 0.3 is 0 Å². The van der Waals surface area contributed by atoms with Crippen LogP contribution in [0.4, 0.5) is 21.7 Å². The summed E-state index contributed by atoms with van der Waals surface area (Å²) in [6, 6.07) is 16.7. The lowest BCUT2D eigenvalue weighted by molar-refractivity contribution is 0.102. The average Bonchev–Trinajstić information content (AvgIpc) is 3.38. The number of hydrogen-bond acceptors (Lipinski definition) is 8. The molecule has 11 heteroatoms. The Kier molecular flexibility index (Phi) is 7.29. The van der Waals surface area contributed by atoms with Gasteiger partial charge in [0.15, 0.2) is 4.34 Å². The van der Waals surface area contributed by atoms with E-state index in [9.17, 15) is 13.4 Å². The molecule has 5 aromatic rings. The molecule has 3 heterocycles. The minimum absolute atomic E-state index is 0.120. The van der Waals surface area contributed by atoms with Gasteiger partial charge in [-0.05, 0) is 60.5 Å². The van der Waals surface area contributed by atoms with Crippen molar-refractivity contribution in [1.29, 1.82) is 0 Å². The number of carbonyl (C=O) groups excluding carboxylic acids is 1. The van der Waals surface area contributed by atoms with Gasteiger partial charge in [0.1, 0.15) is 11.5 Å². The highest BCUT2D eigenvalue weighted by Gasteiger charge is 2.21. The van der Waals surface area contributed by atoms with E-state index in [2.05, 4.69) is 30.6 Å². The molecule has 1 atom stereocenters. The van der Waals surface area contributed by atoms with Crippen LogP contribution in [0.1, 0.15) is 16.1 Å². The van der Waals surface area contributed by atoms with Gasteiger partial charge in [0.2, 0.25) is 5.95 Å². The van der Waals surface area contributed by atoms with E-state index in [0.29, 0.717) is 32.1 Å². The summed E-state index contributed by atoms with van der Waals surface area (Å²) in [5, 5.41) is 6.08. The molecule has 0 aliphatic rings. The summed E-state index contributed by atoms with van der Waals surface area (Å²) in [5.41, 5.74) is 4.46. The molecular weight excluding hydrogens is 523 g/mol. The van der Waals surface area contributed by atoms with E-state index < -0.39 is 22.5 Å². The third kappa shape index (κ3) is 5.63. The number of anilines is 3. The van der Waals surface area contributed by atoms with Crippen molar-refractivity contribution in [2.24, 2.45) is 0 Å². The van der Waals surface area contributed by atoms with E-state index in [4.69, 9.17) is 0 Å². The van der Waals surface area contributed by atoms with Crippen molar-refractivity contribution in [1.82, 2.24) is 19.9 Å². The third-order valence-electron chi connectivity index (χ3n) is 5.53. The fraction of sp³-hybridized carbons (Fsp3) is 0.0741. The van der Waals surface area contributed by atoms with Crippen molar-refractivity contribution < 1.29 is 13.4 Å². The summed E-state index contributed by atoms with van der Waals surface area (Å²) in [6.45, 7) is 1.93. The number of aromatic nitrogens is 4. The molecule has 3 aromatic heterocycles. The van der Waals surface area contributed by atoms with Crippen LogP contribution in [0.5, 0.6) is 0 Å². The van der Waals surface area contributed by atoms with Gasteiger partial charge in [-0.15, -0.1) is 11.3 Å². The van der Waals surface area contributed by atoms with Gasteiger partial charge < -0.3 is 10.6 Å². The van der Waals surface area contributed by atoms with Crippen molar-refractivity contribution in [3.05, 3.63) is 96.3 Å². The molecule has 0 aliphatic carbocycles. The molecule has 0 saturated carbocycles. The van der Waals surface area contributed by atoms with Gasteiger partial charge in [-0.1, -0.05) is 18.2 Å². The Morgan fingerprint density at radius 2 is 1.82 bits per heavy atom. The second-order valence-electron chi connectivity index (χ2n) is 8.23. The van der Waals surface area contributed by atoms with Crippen LogP contribution < -0.4 is 10.6 Å². The number of halogens is 1. The molecule has 38 heavy (non-hydrogen) atoms. The van der Waals surface area contributed by atoms with E-state index in [0.717, 1.165) is 28.2 Å². The maximum absolute atomic E-state index is 13.5. The first-order chi connectivity index (χ1) is 18.4. The molecule has 1 unspecified atom stereocenters. The molecule has 2 aromatic carbocycles. The third-order valence-corrected chi connectivity index (χ3v) is 7.97. The molecule has 0 bridgehead atoms. The zero-order valence-corrected chi connectivity index (χ0v) is 21.9. The van der Waals surface area contributed by atoms with Gasteiger partial charge in [0.05, 0.1) is 21.4 Å². The molecule has 2 N–H and O–H groups in total. The lowest BCUT2D eigenvalue weighted by atomic mass is 10.1. The number of hydrogen-bond donors (Lipinski definition) is 2. The minimum Gasteiger partial charge on any atom is -0.324 e. The van der Waals surface area contributed by atoms with Crippen LogP contribution in [0.15, 0.2) is 83.6 Å². The lowest BCUT2D eigenvalue weighted by Crippen LogP contribution is -2.14. The Hall–Kier alpha value is -4.35. The number of aryl methyl sites for hydroxylation is 1. The van der Waals surface area contributed by atoms with Gasteiger partial charge in [0, 0.05) is 41.8 Å². The van der Waals surface area contributed by atoms with Crippen molar-refractivity contribution >= 4 is 45.4 Å². The Morgan fingerprint density at radius 3 is 2.55 bits per heavy atom. The molecule has 0 fully saturated rings. The summed E-state index contributed by atoms with van der Waals surface area (Å²) in [5.74, 6) is -0.466. The lowest BCUT2D eigenvalue weighted by Gasteiger charge is -2.12. The highest BCUT2D eigenvalue weighted by Crippen LogP contribution is 2.33. The molecule has 8 nitrogen and oxygen atoms in total. The Morgan fingerprint density at radius 1 is 1.00 bits per heavy atom. The second kappa shape index (κ2) is 11.0. The largest absolute Gasteiger partial charge is 0.324 e. The summed E-state index contributed by atoms with van der Waals surface area (Å²) < 4.78 is 25.9. The predicted octanol–water partition coefficient (Wildman–Crippen LogP) is 5.84. The van der Waals surface area contributed by atoms with Crippen LogP contribution in [0.2, 0.25) is 0 Å². The number of thiazole rings is 1. The predicted molar refractivity (Wildman–Crippen MR) is 148 cm³/mol. The molecule has 0 aliphatic heterocycles. The van der Waals surface area contributed by atoms with Gasteiger partial charge in [-0.25, -0.2) is 19.3 Å². The standard InChI is InChI=1S/C27H21FN6O2S2/c1-16-5-10-20(14-22(16)33-26-30-13-11-21(32-26)18-4-3-12-29-15-18)31-25(35)23-24(37-27(34-23)38(2)36)17-6-8-19(28)9-7-17/h3-15H,1-2H3,(H,31,35)(H,30,32,33). The van der Waals surface area contributed by atoms with Gasteiger partial charge in [0.25, 0.3) is 5.91 Å². The van der Waals surface area contributed by atoms with Crippen LogP contribution in [0.3, 0.4) is 0 Å². The smallest absolute Gasteiger partial charge is 0.275 e. The normalized spacial score (nSPS) is 11.7. The van der Waals surface area contributed by atoms with E-state index in [1.165, 1.54) is 18.4 Å². The van der Waals surface area contributed by atoms with E-state index in [1.54, 1.807) is 48.9 Å². The van der Waals surface area contributed by atoms with Crippen molar-refractivity contribution in [2.75, 3.05) is 16.9 Å². The first-order valence-corrected chi connectivity index (χ1v) is 13.8. The second-order valence-corrected chi connectivity index (χ2v) is 10.8. The number of benzene rings is 2. The summed E-state index contributed by atoms with van der Waals surface area (Å²) in [7, 11) is -1.38. The van der Waals surface area contributed by atoms with Crippen LogP contribution in [0, 0.1) is 12.7 Å². The van der Waals surface area contributed by atoms with E-state index in [-0.39, 0.29) is 5.69 Å². The number of nitrogens with one attached hydrogen (secondary N) is 2. The maximum atomic E-state index is 13.5. The van der Waals surface area contributed by atoms with Gasteiger partial charge in [-0.3, -0.25) is 14.0 Å². The molecule has 0 spiro atoms. The zero-order valence-electron chi connectivity index (χ0n) is 20.3. The van der Waals surface area contributed by atoms with Crippen molar-refractivity contribution in [3.8, 4) is 21.7 Å². The SMILES string of the molecule is Cc1ccc(NC(=O)c2nc(S(C)=O)sc2-c2ccc(F)cc2)cc1Nc1nccc(-c2cccnc2)n1. The molecule has 0 saturated heterocycles. The topological polar surface area (TPSA) is 110 Å². The Labute approximate surface area is 224 Å². The maximum Gasteiger partial charge on any atom is 0.275 e. The van der Waals surface area contributed by atoms with E-state index >= 15 is 0 Å². The first kappa shape index (κ1) is 25.3. The number of rotatable bonds is 7. The summed E-state index contributed by atoms with van der Waals surface area (Å²) in [6.07, 6.45) is 6.58. The molecule has 1 amide bonds. The van der Waals surface area contributed by atoms with Gasteiger partial charge in [-0.2, -0.15) is 0 Å². The number of pyridine rings is 1. The van der Waals surface area contributed by atoms with Crippen molar-refractivity contribution in [2.45, 2.75) is 11.3 Å². The Bertz CT molecular complexity index is 1640. The highest BCUT2D eigenvalue weighted by molar-refractivity contribution is 7.86. The van der Waals surface area contributed by atoms with Crippen LogP contribution in [0.25, 0.3) is 21.7 Å². The fourth-order valence-corrected chi connectivity index (χ4v) is 5.35. The monoisotopic (exact) mass is 544 g/mol. The van der Waals surface area contributed by atoms with E-state index in [1.807, 2.05) is 25.1 Å². The first-order valence-electron chi connectivity index (χ1n) is 11.4. The molecule has 190 valence electrons.